The van der Waals surface area contributed by atoms with Crippen LogP contribution in [0.4, 0.5) is 0 Å². The molecule has 2 aliphatic rings. The summed E-state index contributed by atoms with van der Waals surface area (Å²) >= 11 is 6.29. The van der Waals surface area contributed by atoms with E-state index in [1.807, 2.05) is 13.8 Å². The summed E-state index contributed by atoms with van der Waals surface area (Å²) in [6.45, 7) is 5.20. The van der Waals surface area contributed by atoms with E-state index in [-0.39, 0.29) is 49.8 Å². The molecule has 39 heavy (non-hydrogen) atoms. The summed E-state index contributed by atoms with van der Waals surface area (Å²) in [5.41, 5.74) is 0.401. The Labute approximate surface area is 229 Å². The summed E-state index contributed by atoms with van der Waals surface area (Å²) in [4.78, 5) is 40.0. The molecule has 0 amide bonds. The number of methoxy groups -OCH3 is 3. The largest absolute Gasteiger partial charge is 0.506 e. The van der Waals surface area contributed by atoms with E-state index in [9.17, 15) is 24.6 Å². The molecule has 9 heteroatoms. The Morgan fingerprint density at radius 1 is 0.821 bits per heavy atom. The van der Waals surface area contributed by atoms with E-state index in [1.54, 1.807) is 18.2 Å². The van der Waals surface area contributed by atoms with Crippen LogP contribution in [0.3, 0.4) is 0 Å². The first-order chi connectivity index (χ1) is 18.4. The van der Waals surface area contributed by atoms with Gasteiger partial charge in [0.2, 0.25) is 11.6 Å². The predicted octanol–water partition coefficient (Wildman–Crippen LogP) is 5.25. The Bertz CT molecular complexity index is 1730. The molecule has 0 unspecified atom stereocenters. The molecule has 0 atom stereocenters. The molecular formula is C30H25ClO8. The van der Waals surface area contributed by atoms with Crippen molar-refractivity contribution in [3.05, 3.63) is 74.5 Å². The Kier molecular flexibility index (Phi) is 5.99. The number of carbonyl (C=O) groups is 3. The molecule has 5 rings (SSSR count). The highest BCUT2D eigenvalue weighted by molar-refractivity contribution is 6.39. The van der Waals surface area contributed by atoms with Gasteiger partial charge in [0.1, 0.15) is 28.0 Å². The third-order valence-electron chi connectivity index (χ3n) is 7.58. The minimum absolute atomic E-state index is 0.0380. The lowest BCUT2D eigenvalue weighted by Crippen LogP contribution is -2.31. The molecule has 0 fully saturated rings. The Hall–Kier alpha value is -4.30. The molecule has 3 aromatic carbocycles. The van der Waals surface area contributed by atoms with Crippen molar-refractivity contribution in [3.8, 4) is 23.0 Å². The zero-order valence-corrected chi connectivity index (χ0v) is 22.9. The van der Waals surface area contributed by atoms with Gasteiger partial charge in [-0.1, -0.05) is 25.4 Å². The first-order valence-corrected chi connectivity index (χ1v) is 12.4. The second-order valence-corrected chi connectivity index (χ2v) is 10.3. The van der Waals surface area contributed by atoms with E-state index in [0.717, 1.165) is 6.08 Å². The molecule has 2 N–H and O–H groups in total. The molecule has 0 heterocycles. The summed E-state index contributed by atoms with van der Waals surface area (Å²) in [5, 5.41) is 23.2. The summed E-state index contributed by atoms with van der Waals surface area (Å²) < 4.78 is 15.9. The number of ether oxygens (including phenoxy) is 3. The average Bonchev–Trinajstić information content (AvgIpc) is 2.90. The lowest BCUT2D eigenvalue weighted by atomic mass is 9.67. The number of halogens is 1. The van der Waals surface area contributed by atoms with E-state index >= 15 is 0 Å². The molecule has 0 spiro atoms. The van der Waals surface area contributed by atoms with Crippen LogP contribution in [0.25, 0.3) is 16.3 Å². The van der Waals surface area contributed by atoms with Crippen LogP contribution in [0.15, 0.2) is 41.7 Å². The monoisotopic (exact) mass is 548 g/mol. The van der Waals surface area contributed by atoms with E-state index in [0.29, 0.717) is 22.3 Å². The van der Waals surface area contributed by atoms with Crippen LogP contribution in [-0.2, 0) is 19.7 Å². The zero-order chi connectivity index (χ0) is 28.5. The molecule has 0 bridgehead atoms. The number of hydrogen-bond donors (Lipinski definition) is 2. The van der Waals surface area contributed by atoms with Crippen molar-refractivity contribution in [1.29, 1.82) is 0 Å². The van der Waals surface area contributed by atoms with Crippen molar-refractivity contribution in [2.24, 2.45) is 0 Å². The third kappa shape index (κ3) is 3.55. The molecule has 0 saturated carbocycles. The summed E-state index contributed by atoms with van der Waals surface area (Å²) in [7, 11) is 4.17. The fourth-order valence-electron chi connectivity index (χ4n) is 5.52. The number of benzene rings is 3. The number of rotatable bonds is 4. The number of aromatic hydroxyl groups is 2. The zero-order valence-electron chi connectivity index (χ0n) is 22.1. The van der Waals surface area contributed by atoms with Gasteiger partial charge < -0.3 is 24.4 Å². The van der Waals surface area contributed by atoms with Crippen LogP contribution < -0.4 is 9.47 Å². The number of allylic oxidation sites excluding steroid dienone is 3. The fourth-order valence-corrected chi connectivity index (χ4v) is 5.75. The van der Waals surface area contributed by atoms with Crippen molar-refractivity contribution < 1.29 is 38.8 Å². The highest BCUT2D eigenvalue weighted by atomic mass is 35.5. The molecule has 0 saturated heterocycles. The summed E-state index contributed by atoms with van der Waals surface area (Å²) in [5.74, 6) is -1.95. The van der Waals surface area contributed by atoms with Crippen molar-refractivity contribution in [2.45, 2.75) is 26.2 Å². The standard InChI is InChI=1S/C30H25ClO8/c1-12-21(18(32)11-20(39-6)26(12)33)15-9-14(37-4)7-13-8-16-23(27(34)22(13)15)28(35)24-17(30(16,2)3)10-19(38-5)25(31)29(24)36/h7-11,34,36H,1-6H3. The number of phenolic OH excluding ortho intramolecular Hbond substituents is 2. The van der Waals surface area contributed by atoms with Crippen LogP contribution >= 0.6 is 11.6 Å². The van der Waals surface area contributed by atoms with Gasteiger partial charge in [-0.25, -0.2) is 0 Å². The first-order valence-electron chi connectivity index (χ1n) is 12.0. The van der Waals surface area contributed by atoms with E-state index in [1.165, 1.54) is 34.3 Å². The number of ketones is 3. The van der Waals surface area contributed by atoms with Crippen LogP contribution in [0, 0.1) is 0 Å². The number of Topliss-reactive ketones (excluding diaryl/α,β-unsaturated/α-hetero) is 1. The van der Waals surface area contributed by atoms with Crippen LogP contribution in [0.1, 0.15) is 53.4 Å². The topological polar surface area (TPSA) is 119 Å². The lowest BCUT2D eigenvalue weighted by Gasteiger charge is -2.36. The summed E-state index contributed by atoms with van der Waals surface area (Å²) in [6, 6.07) is 6.57. The van der Waals surface area contributed by atoms with E-state index in [2.05, 4.69) is 0 Å². The van der Waals surface area contributed by atoms with Gasteiger partial charge in [0.25, 0.3) is 0 Å². The smallest absolute Gasteiger partial charge is 0.224 e. The maximum atomic E-state index is 13.9. The Balaban J connectivity index is 1.89. The maximum absolute atomic E-state index is 13.9. The van der Waals surface area contributed by atoms with Crippen molar-refractivity contribution in [3.63, 3.8) is 0 Å². The van der Waals surface area contributed by atoms with Gasteiger partial charge >= 0.3 is 0 Å². The lowest BCUT2D eigenvalue weighted by molar-refractivity contribution is -0.117. The Morgan fingerprint density at radius 3 is 2.08 bits per heavy atom. The maximum Gasteiger partial charge on any atom is 0.224 e. The van der Waals surface area contributed by atoms with Crippen molar-refractivity contribution in [2.75, 3.05) is 21.3 Å². The van der Waals surface area contributed by atoms with Gasteiger partial charge in [-0.05, 0) is 47.7 Å². The minimum Gasteiger partial charge on any atom is -0.506 e. The molecule has 0 radical (unpaired) electrons. The molecule has 2 aliphatic carbocycles. The van der Waals surface area contributed by atoms with Gasteiger partial charge in [0, 0.05) is 33.6 Å². The van der Waals surface area contributed by atoms with Crippen LogP contribution in [-0.4, -0.2) is 48.9 Å². The fraction of sp³-hybridized carbons (Fsp3) is 0.233. The van der Waals surface area contributed by atoms with Gasteiger partial charge in [0.15, 0.2) is 11.5 Å². The molecule has 200 valence electrons. The number of fused-ring (bicyclic) bond motifs is 3. The predicted molar refractivity (Wildman–Crippen MR) is 145 cm³/mol. The van der Waals surface area contributed by atoms with E-state index in [4.69, 9.17) is 25.8 Å². The minimum atomic E-state index is -0.884. The number of phenols is 2. The normalized spacial score (nSPS) is 16.2. The molecular weight excluding hydrogens is 524 g/mol. The van der Waals surface area contributed by atoms with Gasteiger partial charge in [-0.15, -0.1) is 0 Å². The second kappa shape index (κ2) is 8.88. The molecule has 8 nitrogen and oxygen atoms in total. The third-order valence-corrected chi connectivity index (χ3v) is 7.95. The molecule has 0 aliphatic heterocycles. The Morgan fingerprint density at radius 2 is 1.46 bits per heavy atom. The summed E-state index contributed by atoms with van der Waals surface area (Å²) in [6.07, 6.45) is 1.10. The van der Waals surface area contributed by atoms with Crippen LogP contribution in [0.2, 0.25) is 5.02 Å². The van der Waals surface area contributed by atoms with Crippen molar-refractivity contribution >= 4 is 45.3 Å². The first kappa shape index (κ1) is 26.3. The van der Waals surface area contributed by atoms with Crippen molar-refractivity contribution in [1.82, 2.24) is 0 Å². The average molecular weight is 549 g/mol. The quantitative estimate of drug-likeness (QED) is 0.424. The van der Waals surface area contributed by atoms with E-state index < -0.39 is 34.3 Å². The molecule has 0 aromatic heterocycles. The van der Waals surface area contributed by atoms with Gasteiger partial charge in [-0.2, -0.15) is 0 Å². The van der Waals surface area contributed by atoms with Gasteiger partial charge in [-0.3, -0.25) is 14.4 Å². The molecule has 3 aromatic rings. The SMILES string of the molecule is COC1=CC(=O)C(c2cc(OC)cc3cc4c(c(O)c23)C(=O)c2c(cc(OC)c(Cl)c2O)C4(C)C)=C(C)C1=O. The number of hydrogen-bond acceptors (Lipinski definition) is 8. The van der Waals surface area contributed by atoms with Gasteiger partial charge in [0.05, 0.1) is 32.5 Å². The second-order valence-electron chi connectivity index (χ2n) is 9.94. The highest BCUT2D eigenvalue weighted by Gasteiger charge is 2.43. The van der Waals surface area contributed by atoms with Crippen LogP contribution in [0.5, 0.6) is 23.0 Å². The number of carbonyl (C=O) groups excluding carboxylic acids is 3. The highest BCUT2D eigenvalue weighted by Crippen LogP contribution is 2.53.